The lowest BCUT2D eigenvalue weighted by Gasteiger charge is -2.29. The van der Waals surface area contributed by atoms with Crippen molar-refractivity contribution < 1.29 is 8.42 Å². The van der Waals surface area contributed by atoms with Gasteiger partial charge in [0, 0.05) is 31.0 Å². The molecule has 0 radical (unpaired) electrons. The smallest absolute Gasteiger partial charge is 0.242 e. The Bertz CT molecular complexity index is 520. The summed E-state index contributed by atoms with van der Waals surface area (Å²) in [7, 11) is -3.46. The van der Waals surface area contributed by atoms with Crippen LogP contribution in [0.5, 0.6) is 0 Å². The molecule has 0 bridgehead atoms. The predicted octanol–water partition coefficient (Wildman–Crippen LogP) is 0.626. The van der Waals surface area contributed by atoms with Crippen molar-refractivity contribution in [2.24, 2.45) is 5.73 Å². The van der Waals surface area contributed by atoms with Gasteiger partial charge in [-0.2, -0.15) is 0 Å². The second-order valence-electron chi connectivity index (χ2n) is 5.45. The van der Waals surface area contributed by atoms with Crippen LogP contribution in [0.4, 0.5) is 0 Å². The van der Waals surface area contributed by atoms with E-state index in [0.29, 0.717) is 12.2 Å². The molecule has 0 spiro atoms. The number of rotatable bonds is 6. The first-order valence-corrected chi connectivity index (χ1v) is 8.61. The first-order valence-electron chi connectivity index (χ1n) is 7.13. The molecule has 7 heteroatoms. The Morgan fingerprint density at radius 3 is 2.70 bits per heavy atom. The highest BCUT2D eigenvalue weighted by atomic mass is 32.2. The number of nitrogens with two attached hydrogens (primary N) is 1. The third-order valence-electron chi connectivity index (χ3n) is 3.58. The van der Waals surface area contributed by atoms with Crippen LogP contribution in [0.2, 0.25) is 0 Å². The van der Waals surface area contributed by atoms with Gasteiger partial charge in [-0.25, -0.2) is 13.1 Å². The van der Waals surface area contributed by atoms with Crippen LogP contribution >= 0.6 is 0 Å². The lowest BCUT2D eigenvalue weighted by atomic mass is 10.1. The highest BCUT2D eigenvalue weighted by Crippen LogP contribution is 2.12. The fourth-order valence-electron chi connectivity index (χ4n) is 2.59. The molecule has 0 aromatic carbocycles. The molecule has 0 saturated carbocycles. The number of nitrogens with zero attached hydrogens (tertiary/aromatic N) is 1. The van der Waals surface area contributed by atoms with Gasteiger partial charge < -0.3 is 15.6 Å². The molecule has 1 aromatic heterocycles. The fraction of sp³-hybridized carbons (Fsp3) is 0.692. The maximum Gasteiger partial charge on any atom is 0.242 e. The van der Waals surface area contributed by atoms with Crippen molar-refractivity contribution in [1.29, 1.82) is 0 Å². The minimum Gasteiger partial charge on any atom is -0.363 e. The Labute approximate surface area is 120 Å². The van der Waals surface area contributed by atoms with Gasteiger partial charge >= 0.3 is 0 Å². The van der Waals surface area contributed by atoms with Crippen molar-refractivity contribution in [3.63, 3.8) is 0 Å². The third-order valence-corrected chi connectivity index (χ3v) is 5.15. The lowest BCUT2D eigenvalue weighted by molar-refractivity contribution is 0.215. The van der Waals surface area contributed by atoms with Crippen molar-refractivity contribution in [2.75, 3.05) is 19.6 Å². The second-order valence-corrected chi connectivity index (χ2v) is 7.16. The minimum atomic E-state index is -3.46. The van der Waals surface area contributed by atoms with Gasteiger partial charge in [-0.15, -0.1) is 0 Å². The van der Waals surface area contributed by atoms with Crippen LogP contribution < -0.4 is 10.5 Å². The van der Waals surface area contributed by atoms with E-state index in [1.807, 2.05) is 6.92 Å². The molecule has 1 aliphatic rings. The highest BCUT2D eigenvalue weighted by molar-refractivity contribution is 7.89. The predicted molar refractivity (Wildman–Crippen MR) is 78.8 cm³/mol. The first kappa shape index (κ1) is 15.5. The summed E-state index contributed by atoms with van der Waals surface area (Å²) in [6.45, 7) is 5.09. The van der Waals surface area contributed by atoms with Crippen molar-refractivity contribution >= 4 is 10.0 Å². The topological polar surface area (TPSA) is 91.2 Å². The van der Waals surface area contributed by atoms with Crippen molar-refractivity contribution in [3.8, 4) is 0 Å². The maximum absolute atomic E-state index is 12.2. The molecule has 114 valence electrons. The quantitative estimate of drug-likeness (QED) is 0.718. The van der Waals surface area contributed by atoms with E-state index in [2.05, 4.69) is 14.6 Å². The number of likely N-dealkylation sites (tertiary alicyclic amines) is 1. The normalized spacial score (nSPS) is 19.1. The molecule has 20 heavy (non-hydrogen) atoms. The van der Waals surface area contributed by atoms with Crippen LogP contribution in [0.1, 0.15) is 31.9 Å². The van der Waals surface area contributed by atoms with E-state index in [9.17, 15) is 8.42 Å². The van der Waals surface area contributed by atoms with Gasteiger partial charge in [0.2, 0.25) is 10.0 Å². The summed E-state index contributed by atoms with van der Waals surface area (Å²) in [5.41, 5.74) is 6.19. The van der Waals surface area contributed by atoms with Gasteiger partial charge in [-0.05, 0) is 38.9 Å². The molecular formula is C13H24N4O2S. The number of aromatic amines is 1. The van der Waals surface area contributed by atoms with Crippen LogP contribution in [-0.4, -0.2) is 44.0 Å². The van der Waals surface area contributed by atoms with Crippen molar-refractivity contribution in [1.82, 2.24) is 14.6 Å². The van der Waals surface area contributed by atoms with E-state index >= 15 is 0 Å². The molecule has 1 fully saturated rings. The Morgan fingerprint density at radius 1 is 1.40 bits per heavy atom. The number of aromatic nitrogens is 1. The van der Waals surface area contributed by atoms with Crippen molar-refractivity contribution in [2.45, 2.75) is 43.7 Å². The SMILES string of the molecule is CC(CN1CCCCC1)NS(=O)(=O)c1c[nH]c(CN)c1. The minimum absolute atomic E-state index is 0.102. The largest absolute Gasteiger partial charge is 0.363 e. The van der Waals surface area contributed by atoms with Crippen LogP contribution in [0.15, 0.2) is 17.2 Å². The van der Waals surface area contributed by atoms with Crippen LogP contribution in [0.3, 0.4) is 0 Å². The van der Waals surface area contributed by atoms with Crippen molar-refractivity contribution in [3.05, 3.63) is 18.0 Å². The molecule has 2 heterocycles. The molecule has 0 aliphatic carbocycles. The van der Waals surface area contributed by atoms with E-state index < -0.39 is 10.0 Å². The Morgan fingerprint density at radius 2 is 2.10 bits per heavy atom. The molecule has 1 saturated heterocycles. The Kier molecular flexibility index (Phi) is 5.20. The number of H-pyrrole nitrogens is 1. The molecule has 1 atom stereocenters. The number of hydrogen-bond acceptors (Lipinski definition) is 4. The molecule has 4 N–H and O–H groups in total. The zero-order valence-electron chi connectivity index (χ0n) is 11.9. The van der Waals surface area contributed by atoms with Gasteiger partial charge in [0.1, 0.15) is 0 Å². The van der Waals surface area contributed by atoms with E-state index in [1.54, 1.807) is 6.07 Å². The average molecular weight is 300 g/mol. The summed E-state index contributed by atoms with van der Waals surface area (Å²) in [6, 6.07) is 1.48. The number of sulfonamides is 1. The van der Waals surface area contributed by atoms with E-state index in [-0.39, 0.29) is 10.9 Å². The van der Waals surface area contributed by atoms with Gasteiger partial charge in [0.25, 0.3) is 0 Å². The Balaban J connectivity index is 1.93. The molecule has 6 nitrogen and oxygen atoms in total. The standard InChI is InChI=1S/C13H24N4O2S/c1-11(10-17-5-3-2-4-6-17)16-20(18,19)13-7-12(8-14)15-9-13/h7,9,11,15-16H,2-6,8,10,14H2,1H3. The van der Waals surface area contributed by atoms with Crippen LogP contribution in [-0.2, 0) is 16.6 Å². The van der Waals surface area contributed by atoms with E-state index in [1.165, 1.54) is 25.5 Å². The molecule has 1 aromatic rings. The second kappa shape index (κ2) is 6.71. The monoisotopic (exact) mass is 300 g/mol. The summed E-state index contributed by atoms with van der Waals surface area (Å²) in [5, 5.41) is 0. The molecular weight excluding hydrogens is 276 g/mol. The molecule has 1 unspecified atom stereocenters. The molecule has 0 amide bonds. The average Bonchev–Trinajstić information content (AvgIpc) is 2.88. The van der Waals surface area contributed by atoms with Crippen LogP contribution in [0.25, 0.3) is 0 Å². The number of nitrogens with one attached hydrogen (secondary N) is 2. The van der Waals surface area contributed by atoms with E-state index in [4.69, 9.17) is 5.73 Å². The molecule has 1 aliphatic heterocycles. The number of hydrogen-bond donors (Lipinski definition) is 3. The van der Waals surface area contributed by atoms with E-state index in [0.717, 1.165) is 19.6 Å². The van der Waals surface area contributed by atoms with Crippen LogP contribution in [0, 0.1) is 0 Å². The summed E-state index contributed by atoms with van der Waals surface area (Å²) < 4.78 is 27.2. The third kappa shape index (κ3) is 4.05. The van der Waals surface area contributed by atoms with Gasteiger partial charge in [-0.1, -0.05) is 6.42 Å². The summed E-state index contributed by atoms with van der Waals surface area (Å²) in [5.74, 6) is 0. The summed E-state index contributed by atoms with van der Waals surface area (Å²) in [4.78, 5) is 5.43. The zero-order valence-corrected chi connectivity index (χ0v) is 12.7. The van der Waals surface area contributed by atoms with Gasteiger partial charge in [0.15, 0.2) is 0 Å². The maximum atomic E-state index is 12.2. The number of piperidine rings is 1. The molecule has 2 rings (SSSR count). The van der Waals surface area contributed by atoms with Gasteiger partial charge in [-0.3, -0.25) is 0 Å². The lowest BCUT2D eigenvalue weighted by Crippen LogP contribution is -2.43. The summed E-state index contributed by atoms with van der Waals surface area (Å²) in [6.07, 6.45) is 5.17. The highest BCUT2D eigenvalue weighted by Gasteiger charge is 2.21. The zero-order chi connectivity index (χ0) is 14.6. The summed E-state index contributed by atoms with van der Waals surface area (Å²) >= 11 is 0. The Hall–Kier alpha value is -0.890. The first-order chi connectivity index (χ1) is 9.51. The fourth-order valence-corrected chi connectivity index (χ4v) is 3.84. The van der Waals surface area contributed by atoms with Gasteiger partial charge in [0.05, 0.1) is 4.90 Å².